The van der Waals surface area contributed by atoms with E-state index < -0.39 is 10.0 Å². The molecule has 1 heterocycles. The number of nitriles is 1. The van der Waals surface area contributed by atoms with Crippen molar-refractivity contribution in [1.29, 1.82) is 5.26 Å². The highest BCUT2D eigenvalue weighted by molar-refractivity contribution is 7.89. The van der Waals surface area contributed by atoms with E-state index in [9.17, 15) is 8.42 Å². The summed E-state index contributed by atoms with van der Waals surface area (Å²) in [6.07, 6.45) is 1.41. The molecule has 0 unspecified atom stereocenters. The maximum absolute atomic E-state index is 12.3. The second-order valence-corrected chi connectivity index (χ2v) is 7.64. The van der Waals surface area contributed by atoms with Crippen molar-refractivity contribution in [2.24, 2.45) is 10.8 Å². The first kappa shape index (κ1) is 14.0. The standard InChI is InChI=1S/C13H17N3O2S/c1-12(2)11(13(12,3)4)16-19(17,18)10-6-5-7-15-9(10)8-14/h5-7,11,16H,1-4H3. The summed E-state index contributed by atoms with van der Waals surface area (Å²) in [5.74, 6) is 0. The minimum atomic E-state index is -3.72. The fourth-order valence-electron chi connectivity index (χ4n) is 2.40. The fourth-order valence-corrected chi connectivity index (χ4v) is 4.04. The molecular formula is C13H17N3O2S. The van der Waals surface area contributed by atoms with E-state index in [0.717, 1.165) is 0 Å². The zero-order valence-corrected chi connectivity index (χ0v) is 12.2. The topological polar surface area (TPSA) is 82.8 Å². The van der Waals surface area contributed by atoms with Crippen molar-refractivity contribution < 1.29 is 8.42 Å². The smallest absolute Gasteiger partial charge is 0.243 e. The molecule has 102 valence electrons. The van der Waals surface area contributed by atoms with Crippen molar-refractivity contribution in [2.75, 3.05) is 0 Å². The van der Waals surface area contributed by atoms with Crippen molar-refractivity contribution in [3.8, 4) is 6.07 Å². The Morgan fingerprint density at radius 1 is 1.32 bits per heavy atom. The van der Waals surface area contributed by atoms with Gasteiger partial charge in [0.1, 0.15) is 11.0 Å². The van der Waals surface area contributed by atoms with Crippen molar-refractivity contribution in [3.05, 3.63) is 24.0 Å². The highest BCUT2D eigenvalue weighted by atomic mass is 32.2. The van der Waals surface area contributed by atoms with Crippen LogP contribution in [0.15, 0.2) is 23.2 Å². The minimum Gasteiger partial charge on any atom is -0.244 e. The molecule has 0 bridgehead atoms. The molecule has 0 spiro atoms. The van der Waals surface area contributed by atoms with E-state index in [1.807, 2.05) is 27.7 Å². The van der Waals surface area contributed by atoms with E-state index in [0.29, 0.717) is 0 Å². The van der Waals surface area contributed by atoms with Gasteiger partial charge in [0, 0.05) is 12.2 Å². The number of pyridine rings is 1. The van der Waals surface area contributed by atoms with Crippen molar-refractivity contribution in [3.63, 3.8) is 0 Å². The third kappa shape index (κ3) is 2.03. The van der Waals surface area contributed by atoms with Crippen LogP contribution < -0.4 is 4.72 Å². The Hall–Kier alpha value is -1.45. The summed E-state index contributed by atoms with van der Waals surface area (Å²) in [4.78, 5) is 3.72. The Kier molecular flexibility index (Phi) is 2.96. The van der Waals surface area contributed by atoms with Gasteiger partial charge in [0.2, 0.25) is 10.0 Å². The van der Waals surface area contributed by atoms with Crippen molar-refractivity contribution in [1.82, 2.24) is 9.71 Å². The van der Waals surface area contributed by atoms with Crippen molar-refractivity contribution >= 4 is 10.0 Å². The van der Waals surface area contributed by atoms with Crippen LogP contribution in [0.25, 0.3) is 0 Å². The highest BCUT2D eigenvalue weighted by Gasteiger charge is 2.66. The Morgan fingerprint density at radius 3 is 2.37 bits per heavy atom. The van der Waals surface area contributed by atoms with Gasteiger partial charge in [0.15, 0.2) is 5.69 Å². The number of rotatable bonds is 3. The van der Waals surface area contributed by atoms with Crippen LogP contribution in [0.3, 0.4) is 0 Å². The van der Waals surface area contributed by atoms with Gasteiger partial charge in [-0.15, -0.1) is 0 Å². The lowest BCUT2D eigenvalue weighted by molar-refractivity contribution is 0.457. The lowest BCUT2D eigenvalue weighted by Crippen LogP contribution is -2.30. The van der Waals surface area contributed by atoms with E-state index in [-0.39, 0.29) is 27.5 Å². The molecule has 1 aliphatic rings. The number of sulfonamides is 1. The van der Waals surface area contributed by atoms with Gasteiger partial charge in [-0.1, -0.05) is 27.7 Å². The summed E-state index contributed by atoms with van der Waals surface area (Å²) in [7, 11) is -3.72. The molecule has 0 amide bonds. The van der Waals surface area contributed by atoms with E-state index in [4.69, 9.17) is 5.26 Å². The SMILES string of the molecule is CC1(C)C(NS(=O)(=O)c2cccnc2C#N)C1(C)C. The average Bonchev–Trinajstić information content (AvgIpc) is 2.71. The maximum Gasteiger partial charge on any atom is 0.243 e. The maximum atomic E-state index is 12.3. The molecule has 0 saturated heterocycles. The molecule has 0 aromatic carbocycles. The monoisotopic (exact) mass is 279 g/mol. The molecule has 19 heavy (non-hydrogen) atoms. The summed E-state index contributed by atoms with van der Waals surface area (Å²) in [6, 6.07) is 4.58. The molecule has 1 saturated carbocycles. The average molecular weight is 279 g/mol. The molecule has 1 N–H and O–H groups in total. The summed E-state index contributed by atoms with van der Waals surface area (Å²) in [5.41, 5.74) is -0.282. The Bertz CT molecular complexity index is 643. The van der Waals surface area contributed by atoms with E-state index in [2.05, 4.69) is 9.71 Å². The summed E-state index contributed by atoms with van der Waals surface area (Å²) in [6.45, 7) is 8.09. The largest absolute Gasteiger partial charge is 0.244 e. The number of hydrogen-bond donors (Lipinski definition) is 1. The Morgan fingerprint density at radius 2 is 1.89 bits per heavy atom. The molecule has 1 aromatic rings. The number of nitrogens with zero attached hydrogens (tertiary/aromatic N) is 2. The predicted molar refractivity (Wildman–Crippen MR) is 70.6 cm³/mol. The van der Waals surface area contributed by atoms with Crippen LogP contribution in [0.2, 0.25) is 0 Å². The summed E-state index contributed by atoms with van der Waals surface area (Å²) >= 11 is 0. The molecule has 0 aliphatic heterocycles. The third-order valence-corrected chi connectivity index (χ3v) is 5.91. The van der Waals surface area contributed by atoms with Crippen LogP contribution in [0.4, 0.5) is 0 Å². The van der Waals surface area contributed by atoms with Crippen molar-refractivity contribution in [2.45, 2.75) is 38.6 Å². The molecule has 6 heteroatoms. The molecule has 1 fully saturated rings. The van der Waals surface area contributed by atoms with Crippen LogP contribution in [0.1, 0.15) is 33.4 Å². The number of nitrogens with one attached hydrogen (secondary N) is 1. The van der Waals surface area contributed by atoms with Gasteiger partial charge in [0.25, 0.3) is 0 Å². The fraction of sp³-hybridized carbons (Fsp3) is 0.538. The van der Waals surface area contributed by atoms with Crippen LogP contribution in [0, 0.1) is 22.2 Å². The van der Waals surface area contributed by atoms with E-state index in [1.54, 1.807) is 6.07 Å². The first-order chi connectivity index (χ1) is 8.64. The molecular weight excluding hydrogens is 262 g/mol. The minimum absolute atomic E-state index is 0.0593. The van der Waals surface area contributed by atoms with Gasteiger partial charge in [-0.05, 0) is 23.0 Å². The van der Waals surface area contributed by atoms with Crippen LogP contribution >= 0.6 is 0 Å². The molecule has 5 nitrogen and oxygen atoms in total. The molecule has 1 aromatic heterocycles. The highest BCUT2D eigenvalue weighted by Crippen LogP contribution is 2.62. The Balaban J connectivity index is 2.34. The number of aromatic nitrogens is 1. The van der Waals surface area contributed by atoms with Gasteiger partial charge in [0.05, 0.1) is 0 Å². The van der Waals surface area contributed by atoms with Crippen LogP contribution in [0.5, 0.6) is 0 Å². The molecule has 0 radical (unpaired) electrons. The Labute approximate surface area is 113 Å². The van der Waals surface area contributed by atoms with Gasteiger partial charge in [-0.2, -0.15) is 5.26 Å². The predicted octanol–water partition coefficient (Wildman–Crippen LogP) is 1.67. The first-order valence-corrected chi connectivity index (χ1v) is 7.50. The van der Waals surface area contributed by atoms with Crippen LogP contribution in [-0.4, -0.2) is 19.4 Å². The summed E-state index contributed by atoms with van der Waals surface area (Å²) in [5, 5.41) is 8.93. The van der Waals surface area contributed by atoms with Gasteiger partial charge in [-0.25, -0.2) is 18.1 Å². The van der Waals surface area contributed by atoms with E-state index >= 15 is 0 Å². The molecule has 2 rings (SSSR count). The normalized spacial score (nSPS) is 20.8. The van der Waals surface area contributed by atoms with E-state index in [1.165, 1.54) is 18.3 Å². The zero-order valence-electron chi connectivity index (χ0n) is 11.4. The molecule has 0 atom stereocenters. The lowest BCUT2D eigenvalue weighted by atomic mass is 10.0. The lowest BCUT2D eigenvalue weighted by Gasteiger charge is -2.08. The second kappa shape index (κ2) is 4.02. The first-order valence-electron chi connectivity index (χ1n) is 6.02. The summed E-state index contributed by atoms with van der Waals surface area (Å²) < 4.78 is 27.4. The van der Waals surface area contributed by atoms with Gasteiger partial charge in [-0.3, -0.25) is 0 Å². The second-order valence-electron chi connectivity index (χ2n) is 5.96. The third-order valence-electron chi connectivity index (χ3n) is 4.46. The zero-order chi connectivity index (χ0) is 14.5. The quantitative estimate of drug-likeness (QED) is 0.912. The van der Waals surface area contributed by atoms with Crippen LogP contribution in [-0.2, 0) is 10.0 Å². The number of hydrogen-bond acceptors (Lipinski definition) is 4. The van der Waals surface area contributed by atoms with Gasteiger partial charge < -0.3 is 0 Å². The van der Waals surface area contributed by atoms with Gasteiger partial charge >= 0.3 is 0 Å². The molecule has 1 aliphatic carbocycles.